The summed E-state index contributed by atoms with van der Waals surface area (Å²) in [5.74, 6) is -1.42. The summed E-state index contributed by atoms with van der Waals surface area (Å²) >= 11 is 12.1. The van der Waals surface area contributed by atoms with E-state index in [1.165, 1.54) is 0 Å². The second-order valence-corrected chi connectivity index (χ2v) is 8.30. The predicted octanol–water partition coefficient (Wildman–Crippen LogP) is 5.33. The third-order valence-corrected chi connectivity index (χ3v) is 5.76. The van der Waals surface area contributed by atoms with Gasteiger partial charge in [0.2, 0.25) is 0 Å². The molecule has 1 aliphatic rings. The summed E-state index contributed by atoms with van der Waals surface area (Å²) in [5, 5.41) is 6.13. The summed E-state index contributed by atoms with van der Waals surface area (Å²) in [7, 11) is 0. The molecule has 0 saturated carbocycles. The van der Waals surface area contributed by atoms with Crippen molar-refractivity contribution in [3.63, 3.8) is 0 Å². The Bertz CT molecular complexity index is 1270. The van der Waals surface area contributed by atoms with Gasteiger partial charge in [0, 0.05) is 22.0 Å². The number of rotatable bonds is 6. The summed E-state index contributed by atoms with van der Waals surface area (Å²) in [6, 6.07) is 20.9. The Balaban J connectivity index is 1.53. The Labute approximate surface area is 200 Å². The first-order valence-corrected chi connectivity index (χ1v) is 10.8. The molecule has 8 heteroatoms. The molecule has 0 atom stereocenters. The minimum atomic E-state index is -0.567. The van der Waals surface area contributed by atoms with Crippen molar-refractivity contribution in [2.75, 3.05) is 10.6 Å². The molecule has 2 N–H and O–H groups in total. The summed E-state index contributed by atoms with van der Waals surface area (Å²) in [4.78, 5) is 39.3. The van der Waals surface area contributed by atoms with Crippen LogP contribution in [0.1, 0.15) is 21.5 Å². The van der Waals surface area contributed by atoms with Crippen molar-refractivity contribution >= 4 is 52.3 Å². The highest BCUT2D eigenvalue weighted by Gasteiger charge is 2.38. The first kappa shape index (κ1) is 22.6. The van der Waals surface area contributed by atoms with E-state index in [9.17, 15) is 14.4 Å². The van der Waals surface area contributed by atoms with Crippen LogP contribution in [0, 0.1) is 6.92 Å². The monoisotopic (exact) mass is 479 g/mol. The molecule has 0 saturated heterocycles. The lowest BCUT2D eigenvalue weighted by Crippen LogP contribution is -2.31. The molecule has 0 fully saturated rings. The number of nitrogens with zero attached hydrogens (tertiary/aromatic N) is 1. The Morgan fingerprint density at radius 3 is 2.30 bits per heavy atom. The number of imide groups is 1. The lowest BCUT2D eigenvalue weighted by molar-refractivity contribution is -0.138. The molecular weight excluding hydrogens is 461 g/mol. The van der Waals surface area contributed by atoms with Gasteiger partial charge in [0.05, 0.1) is 6.54 Å². The van der Waals surface area contributed by atoms with Gasteiger partial charge in [0.1, 0.15) is 10.7 Å². The Hall–Kier alpha value is -3.61. The largest absolute Gasteiger partial charge is 0.349 e. The molecule has 166 valence electrons. The highest BCUT2D eigenvalue weighted by atomic mass is 35.5. The Kier molecular flexibility index (Phi) is 6.49. The summed E-state index contributed by atoms with van der Waals surface area (Å²) < 4.78 is 0. The fraction of sp³-hybridized carbons (Fsp3) is 0.0800. The maximum atomic E-state index is 12.9. The van der Waals surface area contributed by atoms with E-state index in [1.807, 2.05) is 37.3 Å². The zero-order valence-electron chi connectivity index (χ0n) is 17.6. The first-order valence-electron chi connectivity index (χ1n) is 10.1. The van der Waals surface area contributed by atoms with Gasteiger partial charge in [-0.05, 0) is 54.4 Å². The number of hydrogen-bond donors (Lipinski definition) is 2. The zero-order chi connectivity index (χ0) is 23.5. The number of benzene rings is 3. The third-order valence-electron chi connectivity index (χ3n) is 5.16. The minimum absolute atomic E-state index is 0.0176. The summed E-state index contributed by atoms with van der Waals surface area (Å²) in [6.07, 6.45) is 0. The van der Waals surface area contributed by atoms with Gasteiger partial charge in [0.15, 0.2) is 0 Å². The number of carbonyl (C=O) groups is 3. The van der Waals surface area contributed by atoms with E-state index in [2.05, 4.69) is 10.6 Å². The number of carbonyl (C=O) groups excluding carboxylic acids is 3. The molecule has 3 aromatic carbocycles. The van der Waals surface area contributed by atoms with Crippen molar-refractivity contribution < 1.29 is 14.4 Å². The second kappa shape index (κ2) is 9.48. The minimum Gasteiger partial charge on any atom is -0.349 e. The molecular formula is C25H19Cl2N3O3. The van der Waals surface area contributed by atoms with Crippen LogP contribution in [0.15, 0.2) is 83.5 Å². The smallest absolute Gasteiger partial charge is 0.279 e. The van der Waals surface area contributed by atoms with E-state index in [4.69, 9.17) is 23.2 Å². The van der Waals surface area contributed by atoms with Crippen LogP contribution in [0.4, 0.5) is 11.4 Å². The lowest BCUT2D eigenvalue weighted by Gasteiger charge is -2.16. The second-order valence-electron chi connectivity index (χ2n) is 7.49. The molecule has 3 aromatic rings. The van der Waals surface area contributed by atoms with Crippen LogP contribution in [-0.4, -0.2) is 22.6 Å². The quantitative estimate of drug-likeness (QED) is 0.468. The van der Waals surface area contributed by atoms with Crippen molar-refractivity contribution in [1.82, 2.24) is 4.90 Å². The standard InChI is InChI=1S/C25H19Cl2N3O3/c1-15-7-8-17(23(31)28-19-11-9-18(26)10-12-19)13-20(15)29-22-21(27)24(32)30(25(22)33)14-16-5-3-2-4-6-16/h2-13,29H,14H2,1H3,(H,28,31). The van der Waals surface area contributed by atoms with Gasteiger partial charge >= 0.3 is 0 Å². The van der Waals surface area contributed by atoms with Crippen LogP contribution in [0.25, 0.3) is 0 Å². The summed E-state index contributed by atoms with van der Waals surface area (Å²) in [6.45, 7) is 1.93. The van der Waals surface area contributed by atoms with Crippen LogP contribution >= 0.6 is 23.2 Å². The predicted molar refractivity (Wildman–Crippen MR) is 129 cm³/mol. The normalized spacial score (nSPS) is 13.5. The summed E-state index contributed by atoms with van der Waals surface area (Å²) in [5.41, 5.74) is 3.02. The molecule has 0 unspecified atom stereocenters. The fourth-order valence-corrected chi connectivity index (χ4v) is 3.69. The maximum absolute atomic E-state index is 12.9. The van der Waals surface area contributed by atoms with Crippen LogP contribution in [0.3, 0.4) is 0 Å². The van der Waals surface area contributed by atoms with Gasteiger partial charge in [-0.25, -0.2) is 0 Å². The van der Waals surface area contributed by atoms with Crippen molar-refractivity contribution in [3.8, 4) is 0 Å². The van der Waals surface area contributed by atoms with Gasteiger partial charge in [-0.15, -0.1) is 0 Å². The number of aryl methyl sites for hydroxylation is 1. The van der Waals surface area contributed by atoms with Crippen molar-refractivity contribution in [1.29, 1.82) is 0 Å². The highest BCUT2D eigenvalue weighted by Crippen LogP contribution is 2.29. The van der Waals surface area contributed by atoms with E-state index in [0.29, 0.717) is 22.0 Å². The molecule has 0 radical (unpaired) electrons. The van der Waals surface area contributed by atoms with Gasteiger partial charge in [-0.3, -0.25) is 19.3 Å². The molecule has 33 heavy (non-hydrogen) atoms. The van der Waals surface area contributed by atoms with E-state index in [-0.39, 0.29) is 23.2 Å². The number of halogens is 2. The molecule has 1 heterocycles. The zero-order valence-corrected chi connectivity index (χ0v) is 19.1. The maximum Gasteiger partial charge on any atom is 0.279 e. The lowest BCUT2D eigenvalue weighted by atomic mass is 10.1. The van der Waals surface area contributed by atoms with Crippen LogP contribution < -0.4 is 10.6 Å². The molecule has 1 aliphatic heterocycles. The van der Waals surface area contributed by atoms with Crippen LogP contribution in [-0.2, 0) is 16.1 Å². The average molecular weight is 480 g/mol. The Morgan fingerprint density at radius 2 is 1.61 bits per heavy atom. The third kappa shape index (κ3) is 4.92. The fourth-order valence-electron chi connectivity index (χ4n) is 3.33. The van der Waals surface area contributed by atoms with Crippen molar-refractivity contribution in [2.24, 2.45) is 0 Å². The van der Waals surface area contributed by atoms with Crippen molar-refractivity contribution in [3.05, 3.63) is 105 Å². The van der Waals surface area contributed by atoms with E-state index in [1.54, 1.807) is 42.5 Å². The SMILES string of the molecule is Cc1ccc(C(=O)Nc2ccc(Cl)cc2)cc1NC1=C(Cl)C(=O)N(Cc2ccccc2)C1=O. The number of nitrogens with one attached hydrogen (secondary N) is 2. The first-order chi connectivity index (χ1) is 15.8. The number of hydrogen-bond acceptors (Lipinski definition) is 4. The van der Waals surface area contributed by atoms with Crippen molar-refractivity contribution in [2.45, 2.75) is 13.5 Å². The number of amides is 3. The molecule has 0 bridgehead atoms. The molecule has 4 rings (SSSR count). The topological polar surface area (TPSA) is 78.5 Å². The van der Waals surface area contributed by atoms with E-state index < -0.39 is 11.8 Å². The van der Waals surface area contributed by atoms with E-state index >= 15 is 0 Å². The molecule has 0 aromatic heterocycles. The molecule has 6 nitrogen and oxygen atoms in total. The van der Waals surface area contributed by atoms with Gasteiger partial charge in [-0.2, -0.15) is 0 Å². The number of anilines is 2. The van der Waals surface area contributed by atoms with Gasteiger partial charge in [-0.1, -0.05) is 59.6 Å². The van der Waals surface area contributed by atoms with Crippen LogP contribution in [0.5, 0.6) is 0 Å². The Morgan fingerprint density at radius 1 is 0.909 bits per heavy atom. The van der Waals surface area contributed by atoms with E-state index in [0.717, 1.165) is 16.0 Å². The molecule has 0 spiro atoms. The molecule has 3 amide bonds. The van der Waals surface area contributed by atoms with Gasteiger partial charge in [0.25, 0.3) is 17.7 Å². The van der Waals surface area contributed by atoms with Crippen LogP contribution in [0.2, 0.25) is 5.02 Å². The molecule has 0 aliphatic carbocycles. The average Bonchev–Trinajstić information content (AvgIpc) is 3.01. The van der Waals surface area contributed by atoms with Gasteiger partial charge < -0.3 is 10.6 Å². The highest BCUT2D eigenvalue weighted by molar-refractivity contribution is 6.48.